The zero-order chi connectivity index (χ0) is 30.1. The summed E-state index contributed by atoms with van der Waals surface area (Å²) >= 11 is 0. The van der Waals surface area contributed by atoms with Crippen LogP contribution < -0.4 is 0 Å². The highest BCUT2D eigenvalue weighted by Gasteiger charge is 2.35. The molecule has 214 valence electrons. The van der Waals surface area contributed by atoms with Crippen molar-refractivity contribution in [3.8, 4) is 22.3 Å². The van der Waals surface area contributed by atoms with E-state index in [4.69, 9.17) is 0 Å². The lowest BCUT2D eigenvalue weighted by molar-refractivity contribution is 0.0763. The van der Waals surface area contributed by atoms with Gasteiger partial charge in [0.2, 0.25) is 0 Å². The molecule has 0 amide bonds. The van der Waals surface area contributed by atoms with Crippen molar-refractivity contribution in [1.29, 1.82) is 0 Å². The van der Waals surface area contributed by atoms with Crippen LogP contribution >= 0.6 is 0 Å². The van der Waals surface area contributed by atoms with Crippen molar-refractivity contribution in [1.82, 2.24) is 0 Å². The lowest BCUT2D eigenvalue weighted by Gasteiger charge is -2.26. The minimum atomic E-state index is -0.540. The van der Waals surface area contributed by atoms with Gasteiger partial charge in [0.25, 0.3) is 0 Å². The molecule has 0 N–H and O–H groups in total. The average Bonchev–Trinajstić information content (AvgIpc) is 3.11. The second-order valence-electron chi connectivity index (χ2n) is 11.2. The number of hydrogen-bond acceptors (Lipinski definition) is 2. The summed E-state index contributed by atoms with van der Waals surface area (Å²) < 4.78 is 0. The van der Waals surface area contributed by atoms with Crippen molar-refractivity contribution in [2.24, 2.45) is 11.8 Å². The molecule has 2 nitrogen and oxygen atoms in total. The number of carbonyl (C=O) groups excluding carboxylic acids is 2. The van der Waals surface area contributed by atoms with Gasteiger partial charge in [-0.3, -0.25) is 9.59 Å². The lowest BCUT2D eigenvalue weighted by Crippen LogP contribution is -2.33. The molecule has 0 aromatic heterocycles. The average molecular weight is 571 g/mol. The van der Waals surface area contributed by atoms with E-state index in [1.54, 1.807) is 0 Å². The topological polar surface area (TPSA) is 34.1 Å². The third kappa shape index (κ3) is 6.82. The van der Waals surface area contributed by atoms with Crippen LogP contribution in [0.25, 0.3) is 22.3 Å². The standard InChI is InChI=1S/C42H34O2/c43-41(37-25-21-35(22-26-37)33-17-9-3-10-18-33)39(29-31-13-5-1-6-14-31)40(30-32-15-7-2-8-16-32)42(44)38-27-23-36(24-28-38)34-19-11-4-12-20-34/h1-28,39-40H,29-30H2. The number of rotatable bonds is 11. The minimum absolute atomic E-state index is 0.0105. The maximum absolute atomic E-state index is 14.5. The molecule has 44 heavy (non-hydrogen) atoms. The Bertz CT molecular complexity index is 1650. The summed E-state index contributed by atoms with van der Waals surface area (Å²) in [4.78, 5) is 28.9. The molecule has 0 bridgehead atoms. The van der Waals surface area contributed by atoms with Crippen molar-refractivity contribution in [2.45, 2.75) is 12.8 Å². The summed E-state index contributed by atoms with van der Waals surface area (Å²) in [5.74, 6) is -1.10. The molecule has 0 spiro atoms. The lowest BCUT2D eigenvalue weighted by atomic mass is 9.74. The predicted molar refractivity (Wildman–Crippen MR) is 180 cm³/mol. The fourth-order valence-electron chi connectivity index (χ4n) is 5.91. The van der Waals surface area contributed by atoms with Crippen LogP contribution in [0.15, 0.2) is 170 Å². The summed E-state index contributed by atoms with van der Waals surface area (Å²) in [7, 11) is 0. The summed E-state index contributed by atoms with van der Waals surface area (Å²) in [6.07, 6.45) is 0.955. The van der Waals surface area contributed by atoms with Crippen LogP contribution in [0.1, 0.15) is 31.8 Å². The molecule has 6 aromatic rings. The summed E-state index contributed by atoms with van der Waals surface area (Å²) in [5.41, 5.74) is 7.63. The van der Waals surface area contributed by atoms with Crippen LogP contribution in [0.5, 0.6) is 0 Å². The molecule has 0 saturated carbocycles. The van der Waals surface area contributed by atoms with E-state index in [1.165, 1.54) is 0 Å². The van der Waals surface area contributed by atoms with Gasteiger partial charge in [-0.2, -0.15) is 0 Å². The first-order chi connectivity index (χ1) is 21.7. The van der Waals surface area contributed by atoms with Crippen molar-refractivity contribution in [3.05, 3.63) is 192 Å². The van der Waals surface area contributed by atoms with Gasteiger partial charge in [-0.15, -0.1) is 0 Å². The van der Waals surface area contributed by atoms with E-state index >= 15 is 0 Å². The summed E-state index contributed by atoms with van der Waals surface area (Å²) in [6.45, 7) is 0. The zero-order valence-corrected chi connectivity index (χ0v) is 24.6. The minimum Gasteiger partial charge on any atom is -0.294 e. The van der Waals surface area contributed by atoms with Gasteiger partial charge in [0.15, 0.2) is 11.6 Å². The van der Waals surface area contributed by atoms with Gasteiger partial charge >= 0.3 is 0 Å². The SMILES string of the molecule is O=C(c1ccc(-c2ccccc2)cc1)C(Cc1ccccc1)C(Cc1ccccc1)C(=O)c1ccc(-c2ccccc2)cc1. The highest BCUT2D eigenvalue weighted by atomic mass is 16.1. The smallest absolute Gasteiger partial charge is 0.167 e. The molecule has 6 rings (SSSR count). The molecule has 0 radical (unpaired) electrons. The molecule has 2 atom stereocenters. The van der Waals surface area contributed by atoms with Gasteiger partial charge in [0.1, 0.15) is 0 Å². The number of Topliss-reactive ketones (excluding diaryl/α,β-unsaturated/α-hetero) is 2. The van der Waals surface area contributed by atoms with E-state index in [0.29, 0.717) is 24.0 Å². The van der Waals surface area contributed by atoms with E-state index in [0.717, 1.165) is 33.4 Å². The first-order valence-electron chi connectivity index (χ1n) is 15.1. The monoisotopic (exact) mass is 570 g/mol. The van der Waals surface area contributed by atoms with E-state index in [1.807, 2.05) is 146 Å². The van der Waals surface area contributed by atoms with E-state index in [-0.39, 0.29) is 11.6 Å². The molecule has 6 aromatic carbocycles. The fraction of sp³-hybridized carbons (Fsp3) is 0.0952. The molecule has 0 saturated heterocycles. The molecule has 2 heteroatoms. The molecule has 0 aliphatic carbocycles. The molecule has 0 heterocycles. The molecular formula is C42H34O2. The Kier molecular flexibility index (Phi) is 8.99. The van der Waals surface area contributed by atoms with Crippen molar-refractivity contribution in [2.75, 3.05) is 0 Å². The van der Waals surface area contributed by atoms with Crippen LogP contribution in [0.2, 0.25) is 0 Å². The highest BCUT2D eigenvalue weighted by Crippen LogP contribution is 2.31. The second-order valence-corrected chi connectivity index (χ2v) is 11.2. The predicted octanol–water partition coefficient (Wildman–Crippen LogP) is 9.80. The van der Waals surface area contributed by atoms with Gasteiger partial charge in [-0.25, -0.2) is 0 Å². The number of ketones is 2. The summed E-state index contributed by atoms with van der Waals surface area (Å²) in [5, 5.41) is 0. The van der Waals surface area contributed by atoms with Crippen molar-refractivity contribution >= 4 is 11.6 Å². The maximum atomic E-state index is 14.5. The van der Waals surface area contributed by atoms with Gasteiger partial charge in [-0.05, 0) is 46.2 Å². The van der Waals surface area contributed by atoms with Crippen molar-refractivity contribution in [3.63, 3.8) is 0 Å². The molecular weight excluding hydrogens is 536 g/mol. The Morgan fingerprint density at radius 3 is 0.932 bits per heavy atom. The summed E-state index contributed by atoms with van der Waals surface area (Å²) in [6, 6.07) is 56.0. The number of carbonyl (C=O) groups is 2. The largest absolute Gasteiger partial charge is 0.294 e. The second kappa shape index (κ2) is 13.8. The molecule has 0 fully saturated rings. The van der Waals surface area contributed by atoms with Crippen molar-refractivity contribution < 1.29 is 9.59 Å². The number of hydrogen-bond donors (Lipinski definition) is 0. The Morgan fingerprint density at radius 2 is 0.614 bits per heavy atom. The van der Waals surface area contributed by atoms with Crippen LogP contribution in [-0.2, 0) is 12.8 Å². The molecule has 0 aliphatic heterocycles. The van der Waals surface area contributed by atoms with Gasteiger partial charge in [0, 0.05) is 23.0 Å². The third-order valence-corrected chi connectivity index (χ3v) is 8.31. The Hall–Kier alpha value is -5.34. The Morgan fingerprint density at radius 1 is 0.341 bits per heavy atom. The Balaban J connectivity index is 1.37. The van der Waals surface area contributed by atoms with Crippen LogP contribution in [0.4, 0.5) is 0 Å². The number of benzene rings is 6. The Labute approximate surface area is 259 Å². The first kappa shape index (κ1) is 28.8. The maximum Gasteiger partial charge on any atom is 0.167 e. The normalized spacial score (nSPS) is 12.3. The van der Waals surface area contributed by atoms with Gasteiger partial charge in [-0.1, -0.05) is 170 Å². The quantitative estimate of drug-likeness (QED) is 0.145. The molecule has 2 unspecified atom stereocenters. The van der Waals surface area contributed by atoms with Crippen LogP contribution in [0, 0.1) is 11.8 Å². The third-order valence-electron chi connectivity index (χ3n) is 8.31. The van der Waals surface area contributed by atoms with Crippen LogP contribution in [0.3, 0.4) is 0 Å². The van der Waals surface area contributed by atoms with Crippen LogP contribution in [-0.4, -0.2) is 11.6 Å². The first-order valence-corrected chi connectivity index (χ1v) is 15.1. The van der Waals surface area contributed by atoms with E-state index < -0.39 is 11.8 Å². The zero-order valence-electron chi connectivity index (χ0n) is 24.6. The van der Waals surface area contributed by atoms with E-state index in [9.17, 15) is 9.59 Å². The fourth-order valence-corrected chi connectivity index (χ4v) is 5.91. The van der Waals surface area contributed by atoms with E-state index in [2.05, 4.69) is 24.3 Å². The van der Waals surface area contributed by atoms with Gasteiger partial charge < -0.3 is 0 Å². The van der Waals surface area contributed by atoms with Gasteiger partial charge in [0.05, 0.1) is 0 Å². The molecule has 0 aliphatic rings. The highest BCUT2D eigenvalue weighted by molar-refractivity contribution is 6.05.